The first-order valence-electron chi connectivity index (χ1n) is 6.98. The number of anilines is 1. The molecular weight excluding hydrogens is 274 g/mol. The number of hydrogen-bond acceptors (Lipinski definition) is 3. The molecule has 0 spiro atoms. The van der Waals surface area contributed by atoms with Gasteiger partial charge >= 0.3 is 0 Å². The molecule has 1 N–H and O–H groups in total. The van der Waals surface area contributed by atoms with Crippen molar-refractivity contribution in [2.24, 2.45) is 0 Å². The van der Waals surface area contributed by atoms with Gasteiger partial charge in [0, 0.05) is 32.7 Å². The molecule has 20 heavy (non-hydrogen) atoms. The van der Waals surface area contributed by atoms with E-state index in [0.29, 0.717) is 17.6 Å². The Hall–Kier alpha value is -1.26. The summed E-state index contributed by atoms with van der Waals surface area (Å²) in [7, 11) is 1.84. The van der Waals surface area contributed by atoms with Gasteiger partial charge in [-0.05, 0) is 11.6 Å². The highest BCUT2D eigenvalue weighted by molar-refractivity contribution is 6.33. The van der Waals surface area contributed by atoms with E-state index in [-0.39, 0.29) is 5.91 Å². The Morgan fingerprint density at radius 1 is 1.35 bits per heavy atom. The summed E-state index contributed by atoms with van der Waals surface area (Å²) in [5.74, 6) is 0.138. The highest BCUT2D eigenvalue weighted by atomic mass is 35.5. The van der Waals surface area contributed by atoms with E-state index in [1.807, 2.05) is 19.2 Å². The molecule has 0 atom stereocenters. The van der Waals surface area contributed by atoms with Crippen molar-refractivity contribution in [1.29, 1.82) is 0 Å². The fourth-order valence-electron chi connectivity index (χ4n) is 2.32. The van der Waals surface area contributed by atoms with Gasteiger partial charge in [-0.1, -0.05) is 37.6 Å². The Balaban J connectivity index is 2.23. The molecule has 0 radical (unpaired) electrons. The second-order valence-electron chi connectivity index (χ2n) is 5.52. The molecule has 0 aliphatic carbocycles. The Kier molecular flexibility index (Phi) is 4.89. The van der Waals surface area contributed by atoms with Crippen molar-refractivity contribution < 1.29 is 4.79 Å². The van der Waals surface area contributed by atoms with Crippen LogP contribution in [0.4, 0.5) is 5.69 Å². The molecule has 1 fully saturated rings. The summed E-state index contributed by atoms with van der Waals surface area (Å²) < 4.78 is 0. The number of likely N-dealkylation sites (N-methyl/N-ethyl adjacent to an activating group) is 1. The molecule has 0 bridgehead atoms. The maximum atomic E-state index is 11.9. The number of hydrogen-bond donors (Lipinski definition) is 1. The number of carbonyl (C=O) groups excluding carboxylic acids is 1. The van der Waals surface area contributed by atoms with Crippen LogP contribution >= 0.6 is 11.6 Å². The van der Waals surface area contributed by atoms with Crippen LogP contribution < -0.4 is 10.2 Å². The van der Waals surface area contributed by atoms with E-state index in [1.165, 1.54) is 0 Å². The van der Waals surface area contributed by atoms with Gasteiger partial charge in [0.25, 0.3) is 0 Å². The number of amides is 1. The summed E-state index contributed by atoms with van der Waals surface area (Å²) in [6, 6.07) is 6.33. The van der Waals surface area contributed by atoms with Crippen LogP contribution in [0.2, 0.25) is 5.02 Å². The van der Waals surface area contributed by atoms with Crippen molar-refractivity contribution >= 4 is 23.2 Å². The van der Waals surface area contributed by atoms with Crippen LogP contribution in [0.3, 0.4) is 0 Å². The first-order valence-corrected chi connectivity index (χ1v) is 7.36. The molecule has 2 rings (SSSR count). The van der Waals surface area contributed by atoms with Gasteiger partial charge in [-0.2, -0.15) is 0 Å². The van der Waals surface area contributed by atoms with Gasteiger partial charge in [-0.3, -0.25) is 4.79 Å². The lowest BCUT2D eigenvalue weighted by Gasteiger charge is -2.35. The zero-order chi connectivity index (χ0) is 14.7. The number of carbonyl (C=O) groups is 1. The predicted molar refractivity (Wildman–Crippen MR) is 83.3 cm³/mol. The Morgan fingerprint density at radius 2 is 2.10 bits per heavy atom. The third-order valence-corrected chi connectivity index (χ3v) is 3.85. The molecule has 0 unspecified atom stereocenters. The van der Waals surface area contributed by atoms with Crippen LogP contribution in [0.15, 0.2) is 18.2 Å². The fourth-order valence-corrected chi connectivity index (χ4v) is 2.63. The Labute approximate surface area is 125 Å². The minimum Gasteiger partial charge on any atom is -0.359 e. The first-order chi connectivity index (χ1) is 9.49. The molecule has 4 nitrogen and oxygen atoms in total. The quantitative estimate of drug-likeness (QED) is 0.924. The first kappa shape index (κ1) is 15.1. The molecule has 110 valence electrons. The maximum Gasteiger partial charge on any atom is 0.241 e. The second kappa shape index (κ2) is 6.46. The van der Waals surface area contributed by atoms with E-state index in [0.717, 1.165) is 30.9 Å². The van der Waals surface area contributed by atoms with Crippen LogP contribution in [0.25, 0.3) is 0 Å². The molecule has 1 amide bonds. The largest absolute Gasteiger partial charge is 0.359 e. The van der Waals surface area contributed by atoms with Gasteiger partial charge in [-0.15, -0.1) is 0 Å². The minimum atomic E-state index is 0.138. The number of nitrogens with one attached hydrogen (secondary N) is 1. The number of benzene rings is 1. The average Bonchev–Trinajstić information content (AvgIpc) is 2.40. The number of nitrogens with zero attached hydrogens (tertiary/aromatic N) is 2. The highest BCUT2D eigenvalue weighted by Crippen LogP contribution is 2.30. The zero-order valence-electron chi connectivity index (χ0n) is 12.3. The van der Waals surface area contributed by atoms with Crippen molar-refractivity contribution in [2.75, 3.05) is 31.6 Å². The van der Waals surface area contributed by atoms with Gasteiger partial charge in [-0.25, -0.2) is 0 Å². The molecule has 0 saturated carbocycles. The average molecular weight is 296 g/mol. The van der Waals surface area contributed by atoms with Gasteiger partial charge in [0.15, 0.2) is 0 Å². The summed E-state index contributed by atoms with van der Waals surface area (Å²) in [4.78, 5) is 15.7. The lowest BCUT2D eigenvalue weighted by Crippen LogP contribution is -2.49. The summed E-state index contributed by atoms with van der Waals surface area (Å²) in [6.45, 7) is 6.94. The van der Waals surface area contributed by atoms with Crippen molar-refractivity contribution in [2.45, 2.75) is 26.4 Å². The van der Waals surface area contributed by atoms with E-state index in [2.05, 4.69) is 30.1 Å². The van der Waals surface area contributed by atoms with E-state index in [4.69, 9.17) is 11.6 Å². The normalized spacial score (nSPS) is 16.1. The van der Waals surface area contributed by atoms with Gasteiger partial charge < -0.3 is 15.1 Å². The molecule has 1 aromatic rings. The van der Waals surface area contributed by atoms with E-state index in [9.17, 15) is 4.79 Å². The predicted octanol–water partition coefficient (Wildman–Crippen LogP) is 2.12. The monoisotopic (exact) mass is 295 g/mol. The number of halogens is 1. The van der Waals surface area contributed by atoms with E-state index >= 15 is 0 Å². The van der Waals surface area contributed by atoms with Crippen LogP contribution in [0.1, 0.15) is 19.4 Å². The van der Waals surface area contributed by atoms with Crippen LogP contribution in [-0.2, 0) is 11.3 Å². The lowest BCUT2D eigenvalue weighted by atomic mass is 10.1. The smallest absolute Gasteiger partial charge is 0.241 e. The molecule has 1 saturated heterocycles. The minimum absolute atomic E-state index is 0.138. The summed E-state index contributed by atoms with van der Waals surface area (Å²) >= 11 is 6.37. The lowest BCUT2D eigenvalue weighted by molar-refractivity contribution is -0.129. The third-order valence-electron chi connectivity index (χ3n) is 3.54. The molecular formula is C15H22ClN3O. The van der Waals surface area contributed by atoms with Crippen LogP contribution in [0.5, 0.6) is 0 Å². The molecule has 1 aliphatic rings. The summed E-state index contributed by atoms with van der Waals surface area (Å²) in [5, 5.41) is 4.12. The van der Waals surface area contributed by atoms with Gasteiger partial charge in [0.2, 0.25) is 5.91 Å². The molecule has 1 aliphatic heterocycles. The molecule has 1 aromatic carbocycles. The van der Waals surface area contributed by atoms with Crippen molar-refractivity contribution in [1.82, 2.24) is 10.2 Å². The van der Waals surface area contributed by atoms with Crippen molar-refractivity contribution in [3.8, 4) is 0 Å². The summed E-state index contributed by atoms with van der Waals surface area (Å²) in [5.41, 5.74) is 2.13. The fraction of sp³-hybridized carbons (Fsp3) is 0.533. The third kappa shape index (κ3) is 3.44. The molecule has 5 heteroatoms. The van der Waals surface area contributed by atoms with Crippen molar-refractivity contribution in [3.63, 3.8) is 0 Å². The number of rotatable bonds is 4. The molecule has 1 heterocycles. The SMILES string of the molecule is CC(C)NCc1cccc(Cl)c1N1CCN(C)C(=O)C1. The number of piperazine rings is 1. The van der Waals surface area contributed by atoms with Gasteiger partial charge in [0.05, 0.1) is 17.3 Å². The van der Waals surface area contributed by atoms with Gasteiger partial charge in [0.1, 0.15) is 0 Å². The highest BCUT2D eigenvalue weighted by Gasteiger charge is 2.24. The van der Waals surface area contributed by atoms with Crippen LogP contribution in [-0.4, -0.2) is 43.5 Å². The van der Waals surface area contributed by atoms with E-state index in [1.54, 1.807) is 4.90 Å². The topological polar surface area (TPSA) is 35.6 Å². The van der Waals surface area contributed by atoms with Crippen molar-refractivity contribution in [3.05, 3.63) is 28.8 Å². The summed E-state index contributed by atoms with van der Waals surface area (Å²) in [6.07, 6.45) is 0. The standard InChI is InChI=1S/C15H22ClN3O/c1-11(2)17-9-12-5-4-6-13(16)15(12)19-8-7-18(3)14(20)10-19/h4-6,11,17H,7-10H2,1-3H3. The molecule has 0 aromatic heterocycles. The maximum absolute atomic E-state index is 11.9. The zero-order valence-corrected chi connectivity index (χ0v) is 13.1. The van der Waals surface area contributed by atoms with Crippen LogP contribution in [0, 0.1) is 0 Å². The Morgan fingerprint density at radius 3 is 2.75 bits per heavy atom. The second-order valence-corrected chi connectivity index (χ2v) is 5.93. The number of para-hydroxylation sites is 1. The Bertz CT molecular complexity index is 490. The van der Waals surface area contributed by atoms with E-state index < -0.39 is 0 Å².